The van der Waals surface area contributed by atoms with Crippen LogP contribution in [0.5, 0.6) is 0 Å². The van der Waals surface area contributed by atoms with Crippen LogP contribution in [0.2, 0.25) is 0 Å². The molecule has 1 heterocycles. The van der Waals surface area contributed by atoms with Gasteiger partial charge in [0.05, 0.1) is 16.8 Å². The van der Waals surface area contributed by atoms with Crippen molar-refractivity contribution in [3.05, 3.63) is 126 Å². The first-order valence-corrected chi connectivity index (χ1v) is 12.9. The maximum Gasteiger partial charge on any atom is 0.0613 e. The van der Waals surface area contributed by atoms with Gasteiger partial charge in [0, 0.05) is 11.1 Å². The Bertz CT molecular complexity index is 1500. The first-order valence-electron chi connectivity index (χ1n) is 12.9. The van der Waals surface area contributed by atoms with Gasteiger partial charge in [-0.05, 0) is 73.2 Å². The fraction of sp³-hybridized carbons (Fsp3) is 0.200. The minimum absolute atomic E-state index is 0.238. The number of rotatable bonds is 3. The van der Waals surface area contributed by atoms with Crippen LogP contribution in [0.4, 0.5) is 5.69 Å². The summed E-state index contributed by atoms with van der Waals surface area (Å²) in [7, 11) is 0. The topological polar surface area (TPSA) is 3.24 Å². The van der Waals surface area contributed by atoms with E-state index in [1.807, 2.05) is 0 Å². The average molecular weight is 468 g/mol. The van der Waals surface area contributed by atoms with E-state index in [1.54, 1.807) is 0 Å². The Morgan fingerprint density at radius 3 is 1.56 bits per heavy atom. The lowest BCUT2D eigenvalue weighted by Gasteiger charge is -2.56. The molecule has 5 aromatic rings. The molecule has 0 N–H and O–H groups in total. The maximum absolute atomic E-state index is 2.69. The molecule has 1 heteroatoms. The van der Waals surface area contributed by atoms with Gasteiger partial charge in [-0.15, -0.1) is 0 Å². The van der Waals surface area contributed by atoms with E-state index in [9.17, 15) is 0 Å². The smallest absolute Gasteiger partial charge is 0.0613 e. The third-order valence-electron chi connectivity index (χ3n) is 8.12. The highest BCUT2D eigenvalue weighted by molar-refractivity contribution is 5.98. The van der Waals surface area contributed by atoms with E-state index in [4.69, 9.17) is 0 Å². The first-order chi connectivity index (χ1) is 17.3. The van der Waals surface area contributed by atoms with Gasteiger partial charge < -0.3 is 4.90 Å². The highest BCUT2D eigenvalue weighted by atomic mass is 15.3. The fourth-order valence-corrected chi connectivity index (χ4v) is 6.56. The third-order valence-corrected chi connectivity index (χ3v) is 8.12. The second kappa shape index (κ2) is 8.10. The zero-order valence-corrected chi connectivity index (χ0v) is 21.8. The van der Waals surface area contributed by atoms with E-state index in [0.717, 1.165) is 0 Å². The Morgan fingerprint density at radius 1 is 0.500 bits per heavy atom. The third kappa shape index (κ3) is 3.23. The van der Waals surface area contributed by atoms with Crippen LogP contribution in [0.15, 0.2) is 109 Å². The summed E-state index contributed by atoms with van der Waals surface area (Å²) in [6, 6.07) is 39.9. The number of aryl methyl sites for hydroxylation is 1. The predicted octanol–water partition coefficient (Wildman–Crippen LogP) is 9.47. The van der Waals surface area contributed by atoms with Crippen molar-refractivity contribution >= 4 is 16.5 Å². The molecule has 6 rings (SSSR count). The van der Waals surface area contributed by atoms with E-state index >= 15 is 0 Å². The van der Waals surface area contributed by atoms with Gasteiger partial charge >= 0.3 is 0 Å². The largest absolute Gasteiger partial charge is 0.352 e. The van der Waals surface area contributed by atoms with E-state index in [0.29, 0.717) is 0 Å². The molecular formula is C35H33N. The molecule has 0 spiro atoms. The van der Waals surface area contributed by atoms with Gasteiger partial charge in [-0.25, -0.2) is 0 Å². The summed E-state index contributed by atoms with van der Waals surface area (Å²) in [6.07, 6.45) is 0. The van der Waals surface area contributed by atoms with Crippen molar-refractivity contribution in [3.8, 4) is 22.3 Å². The summed E-state index contributed by atoms with van der Waals surface area (Å²) in [4.78, 5) is 2.69. The summed E-state index contributed by atoms with van der Waals surface area (Å²) in [5.74, 6) is 0. The fourth-order valence-electron chi connectivity index (χ4n) is 6.56. The first kappa shape index (κ1) is 22.6. The second-order valence-electron chi connectivity index (χ2n) is 11.0. The van der Waals surface area contributed by atoms with Gasteiger partial charge in [0.15, 0.2) is 0 Å². The van der Waals surface area contributed by atoms with Crippen molar-refractivity contribution in [1.29, 1.82) is 0 Å². The number of nitrogens with zero attached hydrogens (tertiary/aromatic N) is 1. The van der Waals surface area contributed by atoms with E-state index in [1.165, 1.54) is 55.4 Å². The van der Waals surface area contributed by atoms with E-state index in [2.05, 4.69) is 149 Å². The zero-order valence-electron chi connectivity index (χ0n) is 21.8. The van der Waals surface area contributed by atoms with E-state index in [-0.39, 0.29) is 11.1 Å². The van der Waals surface area contributed by atoms with Crippen LogP contribution in [-0.2, 0) is 11.1 Å². The predicted molar refractivity (Wildman–Crippen MR) is 155 cm³/mol. The average Bonchev–Trinajstić information content (AvgIpc) is 2.89. The molecule has 0 aromatic heterocycles. The Kier molecular flexibility index (Phi) is 5.09. The Hall–Kier alpha value is -3.84. The molecular weight excluding hydrogens is 434 g/mol. The Morgan fingerprint density at radius 2 is 1.00 bits per heavy atom. The highest BCUT2D eigenvalue weighted by Gasteiger charge is 2.47. The van der Waals surface area contributed by atoms with Crippen molar-refractivity contribution in [3.63, 3.8) is 0 Å². The van der Waals surface area contributed by atoms with Gasteiger partial charge in [0.2, 0.25) is 0 Å². The summed E-state index contributed by atoms with van der Waals surface area (Å²) in [6.45, 7) is 11.8. The van der Waals surface area contributed by atoms with Gasteiger partial charge in [-0.2, -0.15) is 0 Å². The summed E-state index contributed by atoms with van der Waals surface area (Å²) in [5, 5.41) is 2.78. The van der Waals surface area contributed by atoms with Crippen molar-refractivity contribution < 1.29 is 0 Å². The van der Waals surface area contributed by atoms with Crippen LogP contribution in [-0.4, -0.2) is 0 Å². The molecule has 5 aromatic carbocycles. The van der Waals surface area contributed by atoms with Gasteiger partial charge in [-0.3, -0.25) is 0 Å². The minimum Gasteiger partial charge on any atom is -0.352 e. The monoisotopic (exact) mass is 467 g/mol. The van der Waals surface area contributed by atoms with Crippen molar-refractivity contribution in [1.82, 2.24) is 0 Å². The van der Waals surface area contributed by atoms with Crippen LogP contribution in [0, 0.1) is 6.92 Å². The van der Waals surface area contributed by atoms with E-state index < -0.39 is 0 Å². The molecule has 0 saturated carbocycles. The number of hydrogen-bond donors (Lipinski definition) is 0. The number of benzene rings is 5. The molecule has 0 amide bonds. The Labute approximate surface area is 215 Å². The second-order valence-corrected chi connectivity index (χ2v) is 11.0. The number of hydrogen-bond acceptors (Lipinski definition) is 1. The maximum atomic E-state index is 2.69. The van der Waals surface area contributed by atoms with Crippen molar-refractivity contribution in [2.75, 3.05) is 4.90 Å². The normalized spacial score (nSPS) is 15.8. The molecule has 1 aliphatic rings. The molecule has 0 aliphatic carbocycles. The molecule has 0 fully saturated rings. The lowest BCUT2D eigenvalue weighted by atomic mass is 9.72. The molecule has 0 bridgehead atoms. The Balaban J connectivity index is 1.73. The van der Waals surface area contributed by atoms with Gasteiger partial charge in [0.1, 0.15) is 0 Å². The molecule has 1 nitrogen and oxygen atoms in total. The standard InChI is InChI=1S/C35H33N/c1-24-22-23-31-32-27(24)18-13-21-30(32)34(2,3)36(35(31,4)5)33-28(25-14-8-6-9-15-25)19-12-20-29(33)26-16-10-7-11-17-26/h6-23H,1-5H3. The van der Waals surface area contributed by atoms with Crippen LogP contribution >= 0.6 is 0 Å². The van der Waals surface area contributed by atoms with Crippen molar-refractivity contribution in [2.45, 2.75) is 45.7 Å². The van der Waals surface area contributed by atoms with Crippen LogP contribution in [0.1, 0.15) is 44.4 Å². The summed E-state index contributed by atoms with van der Waals surface area (Å²) >= 11 is 0. The molecule has 178 valence electrons. The van der Waals surface area contributed by atoms with Crippen LogP contribution in [0.25, 0.3) is 33.0 Å². The van der Waals surface area contributed by atoms with Crippen molar-refractivity contribution in [2.24, 2.45) is 0 Å². The quantitative estimate of drug-likeness (QED) is 0.255. The lowest BCUT2D eigenvalue weighted by Crippen LogP contribution is -2.55. The molecule has 0 radical (unpaired) electrons. The molecule has 0 unspecified atom stereocenters. The van der Waals surface area contributed by atoms with Crippen LogP contribution < -0.4 is 4.90 Å². The lowest BCUT2D eigenvalue weighted by molar-refractivity contribution is 0.343. The SMILES string of the molecule is Cc1ccc2c3c(cccc13)C(C)(C)N(c1c(-c3ccccc3)cccc1-c1ccccc1)C2(C)C. The van der Waals surface area contributed by atoms with Gasteiger partial charge in [-0.1, -0.05) is 109 Å². The molecule has 1 aliphatic heterocycles. The minimum atomic E-state index is -0.238. The molecule has 0 saturated heterocycles. The molecule has 36 heavy (non-hydrogen) atoms. The van der Waals surface area contributed by atoms with Crippen LogP contribution in [0.3, 0.4) is 0 Å². The zero-order chi connectivity index (χ0) is 25.1. The highest BCUT2D eigenvalue weighted by Crippen LogP contribution is 2.55. The summed E-state index contributed by atoms with van der Waals surface area (Å²) in [5.41, 5.74) is 9.94. The molecule has 0 atom stereocenters. The number of para-hydroxylation sites is 1. The summed E-state index contributed by atoms with van der Waals surface area (Å²) < 4.78 is 0. The number of anilines is 1. The van der Waals surface area contributed by atoms with Gasteiger partial charge in [0.25, 0.3) is 0 Å².